The second-order valence-corrected chi connectivity index (χ2v) is 5.39. The number of hydrogen-bond donors (Lipinski definition) is 1. The molecule has 3 rings (SSSR count). The second kappa shape index (κ2) is 5.69. The van der Waals surface area contributed by atoms with Gasteiger partial charge in [-0.2, -0.15) is 18.3 Å². The first kappa shape index (κ1) is 15.5. The van der Waals surface area contributed by atoms with Crippen LogP contribution in [0.15, 0.2) is 42.6 Å². The van der Waals surface area contributed by atoms with Crippen LogP contribution in [0.4, 0.5) is 13.2 Å². The van der Waals surface area contributed by atoms with Crippen LogP contribution in [-0.2, 0) is 27.8 Å². The normalized spacial score (nSPS) is 16.7. The molecule has 0 spiro atoms. The smallest absolute Gasteiger partial charge is 0.376 e. The summed E-state index contributed by atoms with van der Waals surface area (Å²) in [5.74, 6) is -0.422. The Bertz CT molecular complexity index is 693. The van der Waals surface area contributed by atoms with Crippen molar-refractivity contribution in [2.24, 2.45) is 0 Å². The number of ether oxygens (including phenoxy) is 1. The van der Waals surface area contributed by atoms with Crippen LogP contribution in [0.5, 0.6) is 0 Å². The topological polar surface area (TPSA) is 56.2 Å². The summed E-state index contributed by atoms with van der Waals surface area (Å²) in [5, 5.41) is 6.20. The standard InChI is InChI=1S/C15H14F3N3O2/c16-15(17,18)12-6-7-21(20-12)8-13(22)19-14(9-23-10-14)11-4-2-1-3-5-11/h1-7H,8-10H2,(H,19,22). The van der Waals surface area contributed by atoms with E-state index in [-0.39, 0.29) is 6.54 Å². The Labute approximate surface area is 130 Å². The summed E-state index contributed by atoms with van der Waals surface area (Å²) in [7, 11) is 0. The molecule has 1 aliphatic heterocycles. The predicted molar refractivity (Wildman–Crippen MR) is 74.3 cm³/mol. The Hall–Kier alpha value is -2.35. The van der Waals surface area contributed by atoms with E-state index in [1.54, 1.807) is 0 Å². The average Bonchev–Trinajstić information content (AvgIpc) is 2.92. The van der Waals surface area contributed by atoms with Crippen molar-refractivity contribution in [1.82, 2.24) is 15.1 Å². The average molecular weight is 325 g/mol. The molecule has 2 heterocycles. The summed E-state index contributed by atoms with van der Waals surface area (Å²) in [6.07, 6.45) is -3.39. The lowest BCUT2D eigenvalue weighted by Crippen LogP contribution is -2.59. The molecule has 23 heavy (non-hydrogen) atoms. The fourth-order valence-electron chi connectivity index (χ4n) is 2.43. The van der Waals surface area contributed by atoms with E-state index in [0.29, 0.717) is 13.2 Å². The van der Waals surface area contributed by atoms with Gasteiger partial charge >= 0.3 is 6.18 Å². The van der Waals surface area contributed by atoms with Gasteiger partial charge in [-0.15, -0.1) is 0 Å². The number of hydrogen-bond acceptors (Lipinski definition) is 3. The van der Waals surface area contributed by atoms with Crippen LogP contribution in [0.2, 0.25) is 0 Å². The third kappa shape index (κ3) is 3.21. The lowest BCUT2D eigenvalue weighted by Gasteiger charge is -2.42. The van der Waals surface area contributed by atoms with Crippen LogP contribution in [0.3, 0.4) is 0 Å². The third-order valence-electron chi connectivity index (χ3n) is 3.64. The molecule has 1 aromatic carbocycles. The molecule has 0 aliphatic carbocycles. The molecule has 0 saturated carbocycles. The molecule has 122 valence electrons. The number of carbonyl (C=O) groups is 1. The van der Waals surface area contributed by atoms with Crippen molar-refractivity contribution < 1.29 is 22.7 Å². The van der Waals surface area contributed by atoms with Crippen molar-refractivity contribution >= 4 is 5.91 Å². The predicted octanol–water partition coefficient (Wildman–Crippen LogP) is 1.94. The van der Waals surface area contributed by atoms with Crippen LogP contribution < -0.4 is 5.32 Å². The molecule has 8 heteroatoms. The number of aromatic nitrogens is 2. The van der Waals surface area contributed by atoms with E-state index in [1.165, 1.54) is 0 Å². The highest BCUT2D eigenvalue weighted by molar-refractivity contribution is 5.77. The number of nitrogens with zero attached hydrogens (tertiary/aromatic N) is 2. The minimum atomic E-state index is -4.52. The Morgan fingerprint density at radius 1 is 1.26 bits per heavy atom. The zero-order valence-electron chi connectivity index (χ0n) is 12.0. The number of carbonyl (C=O) groups excluding carboxylic acids is 1. The van der Waals surface area contributed by atoms with Gasteiger partial charge < -0.3 is 10.1 Å². The summed E-state index contributed by atoms with van der Waals surface area (Å²) in [6, 6.07) is 10.2. The molecule has 1 N–H and O–H groups in total. The molecule has 0 radical (unpaired) electrons. The van der Waals surface area contributed by atoms with E-state index in [2.05, 4.69) is 10.4 Å². The summed E-state index contributed by atoms with van der Waals surface area (Å²) < 4.78 is 43.7. The first-order valence-corrected chi connectivity index (χ1v) is 6.94. The molecule has 1 amide bonds. The third-order valence-corrected chi connectivity index (χ3v) is 3.64. The van der Waals surface area contributed by atoms with Crippen LogP contribution in [-0.4, -0.2) is 28.9 Å². The number of alkyl halides is 3. The van der Waals surface area contributed by atoms with E-state index in [4.69, 9.17) is 4.74 Å². The number of benzene rings is 1. The fraction of sp³-hybridized carbons (Fsp3) is 0.333. The van der Waals surface area contributed by atoms with E-state index in [1.807, 2.05) is 30.3 Å². The number of nitrogens with one attached hydrogen (secondary N) is 1. The van der Waals surface area contributed by atoms with Crippen molar-refractivity contribution in [3.05, 3.63) is 53.9 Å². The van der Waals surface area contributed by atoms with Crippen LogP contribution in [0.25, 0.3) is 0 Å². The van der Waals surface area contributed by atoms with Gasteiger partial charge in [-0.1, -0.05) is 30.3 Å². The summed E-state index contributed by atoms with van der Waals surface area (Å²) in [4.78, 5) is 12.1. The van der Waals surface area contributed by atoms with Crippen LogP contribution in [0.1, 0.15) is 11.3 Å². The number of halogens is 3. The summed E-state index contributed by atoms with van der Waals surface area (Å²) >= 11 is 0. The molecule has 1 aliphatic rings. The van der Waals surface area contributed by atoms with E-state index in [0.717, 1.165) is 22.5 Å². The molecule has 1 saturated heterocycles. The Morgan fingerprint density at radius 3 is 2.48 bits per heavy atom. The minimum Gasteiger partial charge on any atom is -0.376 e. The van der Waals surface area contributed by atoms with Gasteiger partial charge in [0.15, 0.2) is 5.69 Å². The summed E-state index contributed by atoms with van der Waals surface area (Å²) in [5.41, 5.74) is -0.746. The molecular formula is C15H14F3N3O2. The van der Waals surface area contributed by atoms with Gasteiger partial charge in [0.1, 0.15) is 12.1 Å². The van der Waals surface area contributed by atoms with Crippen LogP contribution >= 0.6 is 0 Å². The zero-order valence-corrected chi connectivity index (χ0v) is 12.0. The Balaban J connectivity index is 1.68. The largest absolute Gasteiger partial charge is 0.435 e. The SMILES string of the molecule is O=C(Cn1ccc(C(F)(F)F)n1)NC1(c2ccccc2)COC1. The molecule has 0 unspecified atom stereocenters. The minimum absolute atomic E-state index is 0.287. The molecule has 1 aromatic heterocycles. The fourth-order valence-corrected chi connectivity index (χ4v) is 2.43. The van der Waals surface area contributed by atoms with Gasteiger partial charge in [0.05, 0.1) is 13.2 Å². The maximum Gasteiger partial charge on any atom is 0.435 e. The van der Waals surface area contributed by atoms with Crippen molar-refractivity contribution in [2.45, 2.75) is 18.3 Å². The van der Waals surface area contributed by atoms with Gasteiger partial charge in [-0.25, -0.2) is 0 Å². The van der Waals surface area contributed by atoms with Gasteiger partial charge in [0.2, 0.25) is 5.91 Å². The number of amides is 1. The van der Waals surface area contributed by atoms with Crippen LogP contribution in [0, 0.1) is 0 Å². The monoisotopic (exact) mass is 325 g/mol. The molecule has 5 nitrogen and oxygen atoms in total. The molecular weight excluding hydrogens is 311 g/mol. The van der Waals surface area contributed by atoms with Crippen molar-refractivity contribution in [1.29, 1.82) is 0 Å². The maximum absolute atomic E-state index is 12.5. The highest BCUT2D eigenvalue weighted by Gasteiger charge is 2.41. The zero-order chi connectivity index (χ0) is 16.5. The van der Waals surface area contributed by atoms with Crippen molar-refractivity contribution in [2.75, 3.05) is 13.2 Å². The molecule has 0 atom stereocenters. The quantitative estimate of drug-likeness (QED) is 0.935. The van der Waals surface area contributed by atoms with E-state index >= 15 is 0 Å². The Morgan fingerprint density at radius 2 is 1.96 bits per heavy atom. The van der Waals surface area contributed by atoms with E-state index in [9.17, 15) is 18.0 Å². The van der Waals surface area contributed by atoms with E-state index < -0.39 is 23.3 Å². The van der Waals surface area contributed by atoms with Crippen molar-refractivity contribution in [3.8, 4) is 0 Å². The maximum atomic E-state index is 12.5. The first-order valence-electron chi connectivity index (χ1n) is 6.94. The highest BCUT2D eigenvalue weighted by atomic mass is 19.4. The van der Waals surface area contributed by atoms with Gasteiger partial charge in [-0.3, -0.25) is 9.48 Å². The highest BCUT2D eigenvalue weighted by Crippen LogP contribution is 2.29. The van der Waals surface area contributed by atoms with Gasteiger partial charge in [0, 0.05) is 6.20 Å². The molecule has 0 bridgehead atoms. The second-order valence-electron chi connectivity index (χ2n) is 5.39. The van der Waals surface area contributed by atoms with Crippen molar-refractivity contribution in [3.63, 3.8) is 0 Å². The molecule has 1 fully saturated rings. The summed E-state index contributed by atoms with van der Waals surface area (Å²) in [6.45, 7) is 0.371. The first-order chi connectivity index (χ1) is 10.9. The Kier molecular flexibility index (Phi) is 3.85. The van der Waals surface area contributed by atoms with Gasteiger partial charge in [-0.05, 0) is 11.6 Å². The van der Waals surface area contributed by atoms with Gasteiger partial charge in [0.25, 0.3) is 0 Å². The lowest BCUT2D eigenvalue weighted by atomic mass is 9.88. The lowest BCUT2D eigenvalue weighted by molar-refractivity contribution is -0.142. The molecule has 2 aromatic rings. The number of rotatable bonds is 4.